The Balaban J connectivity index is 1.24. The molecule has 2 heterocycles. The van der Waals surface area contributed by atoms with E-state index in [0.717, 1.165) is 35.3 Å². The van der Waals surface area contributed by atoms with E-state index in [1.807, 2.05) is 78.9 Å². The molecule has 1 saturated heterocycles. The number of ether oxygens (including phenoxy) is 1. The van der Waals surface area contributed by atoms with Crippen molar-refractivity contribution in [1.82, 2.24) is 4.90 Å². The van der Waals surface area contributed by atoms with Gasteiger partial charge in [-0.05, 0) is 61.1 Å². The van der Waals surface area contributed by atoms with E-state index in [1.165, 1.54) is 0 Å². The van der Waals surface area contributed by atoms with Crippen LogP contribution in [0.4, 0.5) is 21.9 Å². The van der Waals surface area contributed by atoms with E-state index in [2.05, 4.69) is 5.32 Å². The van der Waals surface area contributed by atoms with Crippen LogP contribution in [0.2, 0.25) is 0 Å². The second-order valence-corrected chi connectivity index (χ2v) is 9.18. The minimum atomic E-state index is -0.461. The van der Waals surface area contributed by atoms with Crippen LogP contribution in [0.1, 0.15) is 24.0 Å². The molecule has 0 unspecified atom stereocenters. The van der Waals surface area contributed by atoms with Gasteiger partial charge in [0, 0.05) is 18.8 Å². The maximum atomic E-state index is 13.4. The topological polar surface area (TPSA) is 79.0 Å². The monoisotopic (exact) mass is 483 g/mol. The summed E-state index contributed by atoms with van der Waals surface area (Å²) in [6.07, 6.45) is 2.99. The van der Waals surface area contributed by atoms with Gasteiger partial charge in [-0.1, -0.05) is 54.6 Å². The number of fused-ring (bicyclic) bond motifs is 2. The Kier molecular flexibility index (Phi) is 6.98. The number of piperidine rings is 1. The number of rotatable bonds is 4. The number of nitrogens with zero attached hydrogens (tertiary/aromatic N) is 2. The van der Waals surface area contributed by atoms with Crippen LogP contribution in [-0.4, -0.2) is 42.5 Å². The van der Waals surface area contributed by atoms with Gasteiger partial charge in [-0.3, -0.25) is 14.5 Å². The van der Waals surface area contributed by atoms with Crippen molar-refractivity contribution in [3.63, 3.8) is 0 Å². The standard InChI is InChI=1S/C29H29N3O4/c33-27(32-25-14-6-4-9-21(25)16-17-22-10-5-7-15-26(22)32)20-36-28(34)23-11-8-18-31(19-23)29(35)30-24-12-2-1-3-13-24/h1-7,9-10,12-15,23H,8,11,16-20H2,(H,30,35)/t23-/m0/s1. The zero-order valence-electron chi connectivity index (χ0n) is 20.1. The minimum Gasteiger partial charge on any atom is -0.455 e. The summed E-state index contributed by atoms with van der Waals surface area (Å²) in [5, 5.41) is 2.86. The molecule has 184 valence electrons. The van der Waals surface area contributed by atoms with Crippen molar-refractivity contribution in [2.75, 3.05) is 29.9 Å². The molecule has 0 aliphatic carbocycles. The highest BCUT2D eigenvalue weighted by Crippen LogP contribution is 2.36. The van der Waals surface area contributed by atoms with Crippen molar-refractivity contribution in [3.8, 4) is 0 Å². The number of aryl methyl sites for hydroxylation is 2. The van der Waals surface area contributed by atoms with Crippen LogP contribution < -0.4 is 10.2 Å². The van der Waals surface area contributed by atoms with E-state index >= 15 is 0 Å². The van der Waals surface area contributed by atoms with E-state index in [1.54, 1.807) is 9.80 Å². The van der Waals surface area contributed by atoms with Crippen molar-refractivity contribution < 1.29 is 19.1 Å². The number of hydrogen-bond donors (Lipinski definition) is 1. The van der Waals surface area contributed by atoms with E-state index in [9.17, 15) is 14.4 Å². The molecule has 7 heteroatoms. The summed E-state index contributed by atoms with van der Waals surface area (Å²) in [5.41, 5.74) is 4.52. The third-order valence-electron chi connectivity index (χ3n) is 6.78. The third-order valence-corrected chi connectivity index (χ3v) is 6.78. The number of anilines is 3. The Hall–Kier alpha value is -4.13. The summed E-state index contributed by atoms with van der Waals surface area (Å²) >= 11 is 0. The lowest BCUT2D eigenvalue weighted by atomic mass is 9.98. The predicted octanol–water partition coefficient (Wildman–Crippen LogP) is 4.94. The first-order valence-electron chi connectivity index (χ1n) is 12.4. The molecule has 7 nitrogen and oxygen atoms in total. The maximum Gasteiger partial charge on any atom is 0.321 e. The summed E-state index contributed by atoms with van der Waals surface area (Å²) in [6.45, 7) is 0.484. The quantitative estimate of drug-likeness (QED) is 0.534. The highest BCUT2D eigenvalue weighted by atomic mass is 16.5. The van der Waals surface area contributed by atoms with Crippen LogP contribution in [0, 0.1) is 5.92 Å². The Morgan fingerprint density at radius 1 is 0.833 bits per heavy atom. The van der Waals surface area contributed by atoms with Gasteiger partial charge in [0.25, 0.3) is 5.91 Å². The highest BCUT2D eigenvalue weighted by Gasteiger charge is 2.31. The summed E-state index contributed by atoms with van der Waals surface area (Å²) in [5.74, 6) is -1.20. The van der Waals surface area contributed by atoms with Gasteiger partial charge in [0.05, 0.1) is 17.3 Å². The second kappa shape index (κ2) is 10.6. The molecule has 3 aromatic carbocycles. The van der Waals surface area contributed by atoms with Gasteiger partial charge in [-0.25, -0.2) is 4.79 Å². The van der Waals surface area contributed by atoms with Crippen LogP contribution in [0.3, 0.4) is 0 Å². The lowest BCUT2D eigenvalue weighted by Gasteiger charge is -2.31. The number of benzene rings is 3. The van der Waals surface area contributed by atoms with Gasteiger partial charge in [0.1, 0.15) is 0 Å². The largest absolute Gasteiger partial charge is 0.455 e. The summed E-state index contributed by atoms with van der Waals surface area (Å²) in [6, 6.07) is 24.7. The molecule has 0 saturated carbocycles. The van der Waals surface area contributed by atoms with Gasteiger partial charge in [0.15, 0.2) is 6.61 Å². The summed E-state index contributed by atoms with van der Waals surface area (Å²) in [7, 11) is 0. The van der Waals surface area contributed by atoms with Gasteiger partial charge >= 0.3 is 12.0 Å². The molecular formula is C29H29N3O4. The Morgan fingerprint density at radius 3 is 2.11 bits per heavy atom. The van der Waals surface area contributed by atoms with Gasteiger partial charge < -0.3 is 15.0 Å². The van der Waals surface area contributed by atoms with E-state index in [4.69, 9.17) is 4.74 Å². The molecule has 0 spiro atoms. The van der Waals surface area contributed by atoms with Gasteiger partial charge in [0.2, 0.25) is 0 Å². The number of esters is 1. The molecular weight excluding hydrogens is 454 g/mol. The Bertz CT molecular complexity index is 1210. The molecule has 0 aromatic heterocycles. The first-order valence-corrected chi connectivity index (χ1v) is 12.4. The van der Waals surface area contributed by atoms with Crippen molar-refractivity contribution in [1.29, 1.82) is 0 Å². The van der Waals surface area contributed by atoms with E-state index < -0.39 is 11.9 Å². The average Bonchev–Trinajstić information content (AvgIpc) is 3.09. The molecule has 3 aromatic rings. The normalized spacial score (nSPS) is 16.8. The first kappa shape index (κ1) is 23.6. The summed E-state index contributed by atoms with van der Waals surface area (Å²) < 4.78 is 5.53. The number of carbonyl (C=O) groups is 3. The molecule has 3 amide bonds. The molecule has 2 aliphatic heterocycles. The van der Waals surface area contributed by atoms with Crippen molar-refractivity contribution >= 4 is 35.0 Å². The van der Waals surface area contributed by atoms with Crippen LogP contribution in [0.25, 0.3) is 0 Å². The van der Waals surface area contributed by atoms with Crippen molar-refractivity contribution in [3.05, 3.63) is 90.0 Å². The zero-order valence-corrected chi connectivity index (χ0v) is 20.1. The predicted molar refractivity (Wildman–Crippen MR) is 138 cm³/mol. The fourth-order valence-corrected chi connectivity index (χ4v) is 4.94. The van der Waals surface area contributed by atoms with Crippen LogP contribution in [0.15, 0.2) is 78.9 Å². The number of amides is 3. The number of carbonyl (C=O) groups excluding carboxylic acids is 3. The van der Waals surface area contributed by atoms with Gasteiger partial charge in [-0.15, -0.1) is 0 Å². The van der Waals surface area contributed by atoms with Gasteiger partial charge in [-0.2, -0.15) is 0 Å². The molecule has 36 heavy (non-hydrogen) atoms. The highest BCUT2D eigenvalue weighted by molar-refractivity contribution is 6.03. The number of nitrogens with one attached hydrogen (secondary N) is 1. The molecule has 1 N–H and O–H groups in total. The molecule has 5 rings (SSSR count). The minimum absolute atomic E-state index is 0.243. The zero-order chi connectivity index (χ0) is 24.9. The molecule has 0 bridgehead atoms. The smallest absolute Gasteiger partial charge is 0.321 e. The maximum absolute atomic E-state index is 13.4. The molecule has 1 atom stereocenters. The molecule has 1 fully saturated rings. The van der Waals surface area contributed by atoms with Crippen molar-refractivity contribution in [2.24, 2.45) is 5.92 Å². The van der Waals surface area contributed by atoms with Crippen LogP contribution in [0.5, 0.6) is 0 Å². The van der Waals surface area contributed by atoms with E-state index in [-0.39, 0.29) is 25.1 Å². The Morgan fingerprint density at radius 2 is 1.44 bits per heavy atom. The number of urea groups is 1. The molecule has 2 aliphatic rings. The number of para-hydroxylation sites is 3. The fourth-order valence-electron chi connectivity index (χ4n) is 4.94. The van der Waals surface area contributed by atoms with E-state index in [0.29, 0.717) is 25.1 Å². The van der Waals surface area contributed by atoms with Crippen LogP contribution >= 0.6 is 0 Å². The first-order chi connectivity index (χ1) is 17.6. The average molecular weight is 484 g/mol. The van der Waals surface area contributed by atoms with Crippen molar-refractivity contribution in [2.45, 2.75) is 25.7 Å². The lowest BCUT2D eigenvalue weighted by molar-refractivity contribution is -0.153. The van der Waals surface area contributed by atoms with Crippen LogP contribution in [-0.2, 0) is 27.2 Å². The fraction of sp³-hybridized carbons (Fsp3) is 0.276. The lowest BCUT2D eigenvalue weighted by Crippen LogP contribution is -2.45. The summed E-state index contributed by atoms with van der Waals surface area (Å²) in [4.78, 5) is 42.3. The Labute approximate surface area is 210 Å². The number of likely N-dealkylation sites (tertiary alicyclic amines) is 1. The SMILES string of the molecule is O=C(OCC(=O)N1c2ccccc2CCc2ccccc21)[C@H]1CCCN(C(=O)Nc2ccccc2)C1. The second-order valence-electron chi connectivity index (χ2n) is 9.18. The third kappa shape index (κ3) is 5.10. The number of hydrogen-bond acceptors (Lipinski definition) is 4. The molecule has 0 radical (unpaired) electrons.